The zero-order chi connectivity index (χ0) is 25.0. The van der Waals surface area contributed by atoms with E-state index in [-0.39, 0.29) is 18.7 Å². The molecule has 0 aromatic carbocycles. The van der Waals surface area contributed by atoms with Gasteiger partial charge in [0.05, 0.1) is 12.1 Å². The Bertz CT molecular complexity index is 1160. The number of aromatic nitrogens is 4. The van der Waals surface area contributed by atoms with Crippen molar-refractivity contribution in [3.05, 3.63) is 42.2 Å². The molecule has 1 aliphatic heterocycles. The van der Waals surface area contributed by atoms with Gasteiger partial charge in [-0.1, -0.05) is 19.9 Å². The molecule has 8 nitrogen and oxygen atoms in total. The van der Waals surface area contributed by atoms with E-state index >= 15 is 0 Å². The van der Waals surface area contributed by atoms with Gasteiger partial charge in [0, 0.05) is 26.2 Å². The molecule has 1 N–H and O–H groups in total. The summed E-state index contributed by atoms with van der Waals surface area (Å²) in [5.74, 6) is -0.267. The predicted molar refractivity (Wildman–Crippen MR) is 129 cm³/mol. The van der Waals surface area contributed by atoms with E-state index in [1.165, 1.54) is 10.7 Å². The first kappa shape index (κ1) is 24.7. The SMILES string of the molecule is CCCN(CCC)c1cccc(NC(=O)c2cnc3ccc(N4CCCC(C(F)(F)F)C4)nn23)n1. The summed E-state index contributed by atoms with van der Waals surface area (Å²) >= 11 is 0. The number of piperidine rings is 1. The van der Waals surface area contributed by atoms with Gasteiger partial charge in [0.15, 0.2) is 11.3 Å². The molecule has 4 heterocycles. The third kappa shape index (κ3) is 5.66. The van der Waals surface area contributed by atoms with Crippen LogP contribution in [0, 0.1) is 5.92 Å². The molecule has 1 fully saturated rings. The van der Waals surface area contributed by atoms with Crippen LogP contribution in [-0.2, 0) is 0 Å². The van der Waals surface area contributed by atoms with Crippen molar-refractivity contribution >= 4 is 29.0 Å². The van der Waals surface area contributed by atoms with Gasteiger partial charge in [-0.05, 0) is 49.9 Å². The maximum atomic E-state index is 13.3. The smallest absolute Gasteiger partial charge is 0.357 e. The van der Waals surface area contributed by atoms with Gasteiger partial charge in [0.25, 0.3) is 5.91 Å². The van der Waals surface area contributed by atoms with E-state index in [9.17, 15) is 18.0 Å². The van der Waals surface area contributed by atoms with E-state index in [2.05, 4.69) is 39.1 Å². The molecule has 188 valence electrons. The summed E-state index contributed by atoms with van der Waals surface area (Å²) in [6.07, 6.45) is -0.338. The molecule has 0 saturated carbocycles. The van der Waals surface area contributed by atoms with Gasteiger partial charge in [0.2, 0.25) is 0 Å². The molecule has 1 saturated heterocycles. The fourth-order valence-corrected chi connectivity index (χ4v) is 4.37. The number of hydrogen-bond acceptors (Lipinski definition) is 6. The lowest BCUT2D eigenvalue weighted by Crippen LogP contribution is -2.42. The van der Waals surface area contributed by atoms with Crippen LogP contribution < -0.4 is 15.1 Å². The normalized spacial score (nSPS) is 16.5. The van der Waals surface area contributed by atoms with Gasteiger partial charge in [0.1, 0.15) is 17.5 Å². The highest BCUT2D eigenvalue weighted by Gasteiger charge is 2.42. The second-order valence-corrected chi connectivity index (χ2v) is 8.75. The zero-order valence-electron chi connectivity index (χ0n) is 19.9. The van der Waals surface area contributed by atoms with E-state index in [4.69, 9.17) is 0 Å². The number of amides is 1. The number of fused-ring (bicyclic) bond motifs is 1. The molecule has 1 unspecified atom stereocenters. The predicted octanol–water partition coefficient (Wildman–Crippen LogP) is 4.78. The number of imidazole rings is 1. The number of pyridine rings is 1. The lowest BCUT2D eigenvalue weighted by atomic mass is 9.97. The average Bonchev–Trinajstić information content (AvgIpc) is 3.27. The molecule has 1 aliphatic rings. The second-order valence-electron chi connectivity index (χ2n) is 8.75. The zero-order valence-corrected chi connectivity index (χ0v) is 19.9. The summed E-state index contributed by atoms with van der Waals surface area (Å²) in [6, 6.07) is 8.77. The molecule has 35 heavy (non-hydrogen) atoms. The Morgan fingerprint density at radius 2 is 1.94 bits per heavy atom. The molecule has 0 radical (unpaired) electrons. The minimum Gasteiger partial charge on any atom is -0.357 e. The van der Waals surface area contributed by atoms with E-state index < -0.39 is 18.0 Å². The quantitative estimate of drug-likeness (QED) is 0.491. The molecule has 4 rings (SSSR count). The van der Waals surface area contributed by atoms with Crippen LogP contribution in [0.4, 0.5) is 30.6 Å². The Hall–Kier alpha value is -3.37. The number of halogens is 3. The van der Waals surface area contributed by atoms with E-state index in [1.807, 2.05) is 12.1 Å². The maximum absolute atomic E-state index is 13.3. The molecule has 0 aliphatic carbocycles. The van der Waals surface area contributed by atoms with Crippen molar-refractivity contribution in [3.63, 3.8) is 0 Å². The third-order valence-electron chi connectivity index (χ3n) is 6.08. The lowest BCUT2D eigenvalue weighted by Gasteiger charge is -2.34. The van der Waals surface area contributed by atoms with Crippen LogP contribution in [0.2, 0.25) is 0 Å². The van der Waals surface area contributed by atoms with Gasteiger partial charge < -0.3 is 15.1 Å². The fourth-order valence-electron chi connectivity index (χ4n) is 4.37. The first-order valence-electron chi connectivity index (χ1n) is 12.0. The minimum atomic E-state index is -4.24. The van der Waals surface area contributed by atoms with Crippen LogP contribution >= 0.6 is 0 Å². The van der Waals surface area contributed by atoms with Crippen molar-refractivity contribution in [1.29, 1.82) is 0 Å². The van der Waals surface area contributed by atoms with Crippen LogP contribution in [0.3, 0.4) is 0 Å². The Morgan fingerprint density at radius 1 is 1.17 bits per heavy atom. The summed E-state index contributed by atoms with van der Waals surface area (Å²) in [5, 5.41) is 7.26. The van der Waals surface area contributed by atoms with Crippen molar-refractivity contribution < 1.29 is 18.0 Å². The summed E-state index contributed by atoms with van der Waals surface area (Å²) in [7, 11) is 0. The molecule has 3 aromatic rings. The first-order chi connectivity index (χ1) is 16.8. The van der Waals surface area contributed by atoms with E-state index in [1.54, 1.807) is 23.1 Å². The Morgan fingerprint density at radius 3 is 2.66 bits per heavy atom. The number of rotatable bonds is 8. The van der Waals surface area contributed by atoms with Crippen LogP contribution in [-0.4, -0.2) is 57.8 Å². The summed E-state index contributed by atoms with van der Waals surface area (Å²) in [5.41, 5.74) is 0.611. The number of carbonyl (C=O) groups excluding carboxylic acids is 1. The summed E-state index contributed by atoms with van der Waals surface area (Å²) in [4.78, 5) is 25.7. The molecule has 1 atom stereocenters. The molecule has 3 aromatic heterocycles. The fraction of sp³-hybridized carbons (Fsp3) is 0.500. The monoisotopic (exact) mass is 489 g/mol. The van der Waals surface area contributed by atoms with Gasteiger partial charge in [-0.3, -0.25) is 4.79 Å². The molecular formula is C24H30F3N7O. The topological polar surface area (TPSA) is 78.7 Å². The molecule has 11 heteroatoms. The van der Waals surface area contributed by atoms with Gasteiger partial charge in [-0.15, -0.1) is 5.10 Å². The van der Waals surface area contributed by atoms with Gasteiger partial charge in [-0.2, -0.15) is 13.2 Å². The Labute approximate surface area is 202 Å². The molecular weight excluding hydrogens is 459 g/mol. The maximum Gasteiger partial charge on any atom is 0.393 e. The lowest BCUT2D eigenvalue weighted by molar-refractivity contribution is -0.176. The number of nitrogens with one attached hydrogen (secondary N) is 1. The highest BCUT2D eigenvalue weighted by Crippen LogP contribution is 2.34. The largest absolute Gasteiger partial charge is 0.393 e. The highest BCUT2D eigenvalue weighted by molar-refractivity contribution is 6.02. The third-order valence-corrected chi connectivity index (χ3v) is 6.08. The Kier molecular flexibility index (Phi) is 7.42. The van der Waals surface area contributed by atoms with Crippen LogP contribution in [0.5, 0.6) is 0 Å². The van der Waals surface area contributed by atoms with Crippen molar-refractivity contribution in [3.8, 4) is 0 Å². The second kappa shape index (κ2) is 10.5. The standard InChI is InChI=1S/C24H30F3N7O/c1-3-12-32(13-4-2)21-9-5-8-19(29-21)30-23(35)18-15-28-20-10-11-22(31-34(18)20)33-14-6-7-17(16-33)24(25,26)27/h5,8-11,15,17H,3-4,6-7,12-14,16H2,1-2H3,(H,29,30,35). The number of nitrogens with zero attached hydrogens (tertiary/aromatic N) is 6. The number of anilines is 3. The molecule has 0 spiro atoms. The summed E-state index contributed by atoms with van der Waals surface area (Å²) < 4.78 is 41.1. The number of alkyl halides is 3. The van der Waals surface area contributed by atoms with Gasteiger partial charge in [-0.25, -0.2) is 14.5 Å². The van der Waals surface area contributed by atoms with Crippen molar-refractivity contribution in [2.24, 2.45) is 5.92 Å². The van der Waals surface area contributed by atoms with Crippen molar-refractivity contribution in [1.82, 2.24) is 19.6 Å². The van der Waals surface area contributed by atoms with Crippen LogP contribution in [0.15, 0.2) is 36.5 Å². The average molecular weight is 490 g/mol. The summed E-state index contributed by atoms with van der Waals surface area (Å²) in [6.45, 7) is 6.26. The molecule has 1 amide bonds. The van der Waals surface area contributed by atoms with Gasteiger partial charge >= 0.3 is 6.18 Å². The van der Waals surface area contributed by atoms with Crippen molar-refractivity contribution in [2.45, 2.75) is 45.7 Å². The Balaban J connectivity index is 1.55. The highest BCUT2D eigenvalue weighted by atomic mass is 19.4. The molecule has 0 bridgehead atoms. The number of carbonyl (C=O) groups is 1. The minimum absolute atomic E-state index is 0.112. The first-order valence-corrected chi connectivity index (χ1v) is 12.0. The van der Waals surface area contributed by atoms with E-state index in [0.29, 0.717) is 30.2 Å². The van der Waals surface area contributed by atoms with E-state index in [0.717, 1.165) is 31.7 Å². The van der Waals surface area contributed by atoms with Crippen LogP contribution in [0.25, 0.3) is 5.65 Å². The number of hydrogen-bond donors (Lipinski definition) is 1. The van der Waals surface area contributed by atoms with Crippen LogP contribution in [0.1, 0.15) is 50.0 Å². The van der Waals surface area contributed by atoms with Crippen molar-refractivity contribution in [2.75, 3.05) is 41.3 Å².